The number of amides is 8. The quantitative estimate of drug-likeness (QED) is 0.0133. The number of carbonyl (C=O) groups is 9. The Labute approximate surface area is 566 Å². The summed E-state index contributed by atoms with van der Waals surface area (Å²) < 4.78 is 38.9. The van der Waals surface area contributed by atoms with Crippen molar-refractivity contribution in [2.24, 2.45) is 38.7 Å². The highest BCUT2D eigenvalue weighted by atomic mass is 32.1. The van der Waals surface area contributed by atoms with Gasteiger partial charge in [0.1, 0.15) is 54.3 Å². The smallest absolute Gasteiger partial charge is 0.326 e. The van der Waals surface area contributed by atoms with Crippen LogP contribution in [0.2, 0.25) is 0 Å². The number of nitrogens with zero attached hydrogens (tertiary/aromatic N) is 8. The summed E-state index contributed by atoms with van der Waals surface area (Å²) in [4.78, 5) is 137. The highest BCUT2D eigenvalue weighted by Gasteiger charge is 2.44. The van der Waals surface area contributed by atoms with Gasteiger partial charge in [-0.3, -0.25) is 53.8 Å². The summed E-state index contributed by atoms with van der Waals surface area (Å²) in [6, 6.07) is 6.98. The Balaban J connectivity index is 1.08. The number of carbonyl (C=O) groups excluding carboxylic acids is 8. The predicted molar refractivity (Wildman–Crippen MR) is 357 cm³/mol. The van der Waals surface area contributed by atoms with Crippen LogP contribution < -0.4 is 60.3 Å². The number of ether oxygens (including phenoxy) is 5. The second kappa shape index (κ2) is 41.4. The van der Waals surface area contributed by atoms with Gasteiger partial charge in [0.15, 0.2) is 11.9 Å². The second-order valence-electron chi connectivity index (χ2n) is 23.0. The largest absolute Gasteiger partial charge is 0.480 e. The Hall–Kier alpha value is -8.77. The van der Waals surface area contributed by atoms with Gasteiger partial charge in [0.2, 0.25) is 47.3 Å². The van der Waals surface area contributed by atoms with E-state index in [1.807, 2.05) is 18.2 Å². The SMILES string of the molecule is NC(=O)CC[C@H](NC(=O)[C@H](CS)Nn1nnc2c1-c1ccccc1CN(C(=O)CCCC(=O)NCCOCCOCCOCCOCCOCC[18F])c1ccccc1-2)C(=O)N[C@@H](CCCN=C(N)N)C(=O)N1CCC[C@H]1C(=O)N1CCC[C@H]1C(=O)N[C@@H](CCCN=C(N)N)C(=O)O. The number of nitrogens with two attached hydrogens (primary N) is 5. The third kappa shape index (κ3) is 24.7. The first-order valence-electron chi connectivity index (χ1n) is 32.5. The third-order valence-corrected chi connectivity index (χ3v) is 16.3. The Kier molecular flexibility index (Phi) is 32.9. The summed E-state index contributed by atoms with van der Waals surface area (Å²) in [6.07, 6.45) is 1.36. The van der Waals surface area contributed by atoms with Gasteiger partial charge in [-0.15, -0.1) is 5.10 Å². The standard InChI is InChI=1S/C62H93FN18O15S/c63-22-28-92-30-32-94-34-36-96-37-35-95-33-31-93-29-25-69-51(83)18-5-19-52(84)80-38-40-10-1-2-11-41(40)54-53(42-12-3-4-15-47(42)80)75-77-81(54)76-46(39-97)56(86)72-43(20-21-50(64)82)55(85)73-44(13-6-23-70-61(65)66)58(88)79-27-9-17-49(79)59(89)78-26-8-16-48(78)57(87)74-45(60(90)91)14-7-24-71-62(67)68/h1-4,10-12,15,43-46,48-49,76,97H,5-9,13-14,16-39H2,(H2,64,82)(H,69,83)(H,72,86)(H,73,85)(H,74,87)(H,90,91)(H4,65,66,70)(H4,67,68,71)/t43-,44-,45-,46-,48-,49-/m0/s1/i63-1. The van der Waals surface area contributed by atoms with Crippen LogP contribution in [0.5, 0.6) is 0 Å². The van der Waals surface area contributed by atoms with Gasteiger partial charge in [-0.2, -0.15) is 17.4 Å². The molecule has 6 rings (SSSR count). The zero-order valence-corrected chi connectivity index (χ0v) is 55.3. The number of carboxylic acid groups (broad SMARTS) is 1. The molecule has 0 bridgehead atoms. The number of aliphatic imine (C=N–C) groups is 2. The van der Waals surface area contributed by atoms with Crippen LogP contribution in [0.4, 0.5) is 10.1 Å². The first-order valence-corrected chi connectivity index (χ1v) is 33.1. The molecule has 0 spiro atoms. The number of hydrogen-bond acceptors (Lipinski definition) is 20. The van der Waals surface area contributed by atoms with E-state index in [0.717, 1.165) is 0 Å². The topological polar surface area (TPSA) is 475 Å². The fourth-order valence-corrected chi connectivity index (χ4v) is 11.4. The van der Waals surface area contributed by atoms with Crippen molar-refractivity contribution in [3.63, 3.8) is 0 Å². The van der Waals surface area contributed by atoms with Crippen molar-refractivity contribution in [3.05, 3.63) is 54.1 Å². The molecule has 35 heteroatoms. The number of nitrogens with one attached hydrogen (secondary N) is 5. The van der Waals surface area contributed by atoms with Crippen molar-refractivity contribution in [2.45, 2.75) is 126 Å². The summed E-state index contributed by atoms with van der Waals surface area (Å²) in [5.74, 6) is -6.62. The first kappa shape index (κ1) is 77.2. The summed E-state index contributed by atoms with van der Waals surface area (Å²) in [5.41, 5.74) is 33.7. The molecule has 2 saturated heterocycles. The fraction of sp³-hybridized carbons (Fsp3) is 0.597. The van der Waals surface area contributed by atoms with E-state index in [9.17, 15) is 52.6 Å². The van der Waals surface area contributed by atoms with Crippen LogP contribution in [0.1, 0.15) is 89.0 Å². The van der Waals surface area contributed by atoms with Crippen molar-refractivity contribution >= 4 is 83.5 Å². The Morgan fingerprint density at radius 1 is 0.639 bits per heavy atom. The number of guanidine groups is 2. The normalized spacial score (nSPS) is 16.0. The lowest BCUT2D eigenvalue weighted by molar-refractivity contribution is -0.149. The Bertz CT molecular complexity index is 3160. The van der Waals surface area contributed by atoms with Crippen molar-refractivity contribution in [2.75, 3.05) is 122 Å². The van der Waals surface area contributed by atoms with Crippen LogP contribution in [-0.2, 0) is 73.4 Å². The number of aliphatic carboxylic acids is 1. The number of hydrogen-bond donors (Lipinski definition) is 12. The summed E-state index contributed by atoms with van der Waals surface area (Å²) >= 11 is 4.52. The number of primary amides is 1. The number of benzene rings is 2. The number of aromatic nitrogens is 3. The van der Waals surface area contributed by atoms with Crippen molar-refractivity contribution in [1.29, 1.82) is 0 Å². The van der Waals surface area contributed by atoms with Crippen molar-refractivity contribution in [1.82, 2.24) is 46.2 Å². The lowest BCUT2D eigenvalue weighted by Gasteiger charge is -2.33. The van der Waals surface area contributed by atoms with Crippen LogP contribution in [0.15, 0.2) is 58.5 Å². The molecule has 0 unspecified atom stereocenters. The molecule has 2 fully saturated rings. The van der Waals surface area contributed by atoms with Gasteiger partial charge in [-0.25, -0.2) is 9.18 Å². The van der Waals surface area contributed by atoms with Crippen LogP contribution in [0.25, 0.3) is 22.5 Å². The monoisotopic (exact) mass is 1380 g/mol. The number of fused-ring (bicyclic) bond motifs is 5. The van der Waals surface area contributed by atoms with Gasteiger partial charge in [-0.05, 0) is 81.1 Å². The molecule has 3 aliphatic heterocycles. The maximum atomic E-state index is 14.8. The highest BCUT2D eigenvalue weighted by molar-refractivity contribution is 7.80. The lowest BCUT2D eigenvalue weighted by atomic mass is 9.95. The van der Waals surface area contributed by atoms with Crippen LogP contribution >= 0.6 is 12.6 Å². The molecule has 0 saturated carbocycles. The molecule has 6 atom stereocenters. The molecule has 0 aliphatic carbocycles. The predicted octanol–water partition coefficient (Wildman–Crippen LogP) is -1.47. The van der Waals surface area contributed by atoms with E-state index in [1.165, 1.54) is 14.6 Å². The lowest BCUT2D eigenvalue weighted by Crippen LogP contribution is -2.59. The fourth-order valence-electron chi connectivity index (χ4n) is 11.2. The minimum absolute atomic E-state index is 0.0107. The number of anilines is 1. The van der Waals surface area contributed by atoms with Crippen LogP contribution in [-0.4, -0.2) is 243 Å². The molecule has 3 aliphatic rings. The molecular weight excluding hydrogens is 1290 g/mol. The maximum absolute atomic E-state index is 14.8. The maximum Gasteiger partial charge on any atom is 0.326 e. The molecule has 4 heterocycles. The summed E-state index contributed by atoms with van der Waals surface area (Å²) in [7, 11) is 0. The summed E-state index contributed by atoms with van der Waals surface area (Å²) in [6.45, 7) is 3.46. The Morgan fingerprint density at radius 3 is 1.82 bits per heavy atom. The average molecular weight is 1380 g/mol. The van der Waals surface area contributed by atoms with E-state index in [2.05, 4.69) is 59.6 Å². The highest BCUT2D eigenvalue weighted by Crippen LogP contribution is 2.41. The molecule has 534 valence electrons. The van der Waals surface area contributed by atoms with Crippen molar-refractivity contribution in [3.8, 4) is 22.5 Å². The van der Waals surface area contributed by atoms with E-state index in [-0.39, 0.29) is 153 Å². The molecule has 8 amide bonds. The van der Waals surface area contributed by atoms with Gasteiger partial charge in [-0.1, -0.05) is 42.5 Å². The average Bonchev–Trinajstić information content (AvgIpc) is 1.72. The number of likely N-dealkylation sites (tertiary alicyclic amines) is 2. The minimum Gasteiger partial charge on any atom is -0.480 e. The van der Waals surface area contributed by atoms with E-state index < -0.39 is 84.3 Å². The van der Waals surface area contributed by atoms with E-state index in [1.54, 1.807) is 35.2 Å². The zero-order chi connectivity index (χ0) is 70.1. The van der Waals surface area contributed by atoms with Gasteiger partial charge in [0.05, 0.1) is 78.3 Å². The van der Waals surface area contributed by atoms with Gasteiger partial charge in [0.25, 0.3) is 0 Å². The number of carboxylic acids is 1. The molecule has 16 N–H and O–H groups in total. The number of rotatable bonds is 44. The minimum atomic E-state index is -1.47. The third-order valence-electron chi connectivity index (χ3n) is 16.0. The second-order valence-corrected chi connectivity index (χ2v) is 23.3. The molecule has 1 aromatic heterocycles. The summed E-state index contributed by atoms with van der Waals surface area (Å²) in [5, 5.41) is 29.7. The van der Waals surface area contributed by atoms with Crippen molar-refractivity contribution < 1.29 is 76.3 Å². The van der Waals surface area contributed by atoms with E-state index in [0.29, 0.717) is 99.5 Å². The van der Waals surface area contributed by atoms with E-state index in [4.69, 9.17) is 52.4 Å². The molecular formula is C62H93FN18O15S. The molecule has 97 heavy (non-hydrogen) atoms. The number of para-hydroxylation sites is 1. The van der Waals surface area contributed by atoms with Gasteiger partial charge < -0.3 is 93.4 Å². The number of thiol groups is 1. The zero-order valence-electron chi connectivity index (χ0n) is 54.5. The van der Waals surface area contributed by atoms with Crippen LogP contribution in [0, 0.1) is 0 Å². The molecule has 2 aromatic carbocycles. The van der Waals surface area contributed by atoms with Gasteiger partial charge in [0, 0.05) is 68.9 Å². The van der Waals surface area contributed by atoms with Gasteiger partial charge >= 0.3 is 5.97 Å². The molecule has 0 radical (unpaired) electrons. The van der Waals surface area contributed by atoms with Crippen LogP contribution in [0.3, 0.4) is 0 Å². The van der Waals surface area contributed by atoms with E-state index >= 15 is 0 Å². The molecule has 3 aromatic rings. The number of halogens is 1. The number of alkyl halides is 1. The Morgan fingerprint density at radius 2 is 1.21 bits per heavy atom. The first-order chi connectivity index (χ1) is 46.8. The molecule has 33 nitrogen and oxygen atoms in total.